The molecule has 2 rings (SSSR count). The van der Waals surface area contributed by atoms with Gasteiger partial charge in [-0.1, -0.05) is 37.3 Å². The molecule has 0 aliphatic carbocycles. The third-order valence-corrected chi connectivity index (χ3v) is 3.54. The van der Waals surface area contributed by atoms with Crippen molar-refractivity contribution in [1.82, 2.24) is 15.8 Å². The molecule has 23 heavy (non-hydrogen) atoms. The van der Waals surface area contributed by atoms with Crippen LogP contribution in [0.1, 0.15) is 18.9 Å². The molecule has 0 unspecified atom stereocenters. The number of carbonyl (C=O) groups is 3. The average molecular weight is 321 g/mol. The molecule has 2 amide bonds. The molecule has 8 nitrogen and oxygen atoms in total. The Morgan fingerprint density at radius 2 is 2.13 bits per heavy atom. The van der Waals surface area contributed by atoms with Crippen molar-refractivity contribution in [3.63, 3.8) is 0 Å². The number of nitrogens with zero attached hydrogens (tertiary/aromatic N) is 1. The van der Waals surface area contributed by atoms with Crippen LogP contribution in [-0.2, 0) is 20.9 Å². The maximum Gasteiger partial charge on any atom is 0.408 e. The summed E-state index contributed by atoms with van der Waals surface area (Å²) in [6, 6.07) is 7.15. The monoisotopic (exact) mass is 321 g/mol. The minimum absolute atomic E-state index is 0.00374. The molecule has 0 saturated carbocycles. The topological polar surface area (TPSA) is 108 Å². The van der Waals surface area contributed by atoms with E-state index in [1.807, 2.05) is 18.2 Å². The number of hydrogen-bond donors (Lipinski definition) is 3. The average Bonchev–Trinajstić information content (AvgIpc) is 2.92. The summed E-state index contributed by atoms with van der Waals surface area (Å²) in [5, 5.41) is 13.1. The van der Waals surface area contributed by atoms with E-state index < -0.39 is 24.1 Å². The fourth-order valence-electron chi connectivity index (χ4n) is 2.41. The second-order valence-electron chi connectivity index (χ2n) is 5.11. The van der Waals surface area contributed by atoms with Gasteiger partial charge in [0.05, 0.1) is 6.04 Å². The Balaban J connectivity index is 1.95. The van der Waals surface area contributed by atoms with E-state index in [9.17, 15) is 19.5 Å². The number of amides is 2. The van der Waals surface area contributed by atoms with Crippen molar-refractivity contribution in [1.29, 1.82) is 0 Å². The minimum Gasteiger partial charge on any atom is -0.480 e. The molecule has 2 atom stereocenters. The lowest BCUT2D eigenvalue weighted by molar-refractivity contribution is -0.141. The predicted octanol–water partition coefficient (Wildman–Crippen LogP) is 0.491. The number of carboxylic acids is 1. The Morgan fingerprint density at radius 1 is 1.43 bits per heavy atom. The van der Waals surface area contributed by atoms with Crippen LogP contribution >= 0.6 is 0 Å². The van der Waals surface area contributed by atoms with Crippen LogP contribution in [0.3, 0.4) is 0 Å². The summed E-state index contributed by atoms with van der Waals surface area (Å²) in [5.41, 5.74) is 3.35. The SMILES string of the molecule is CCN1NC(=O)C[C@H]1[C@@H](NC(=O)OCc1ccccc1)C(=O)O. The number of rotatable bonds is 6. The van der Waals surface area contributed by atoms with Crippen molar-refractivity contribution in [2.24, 2.45) is 0 Å². The van der Waals surface area contributed by atoms with Gasteiger partial charge in [-0.05, 0) is 5.56 Å². The largest absolute Gasteiger partial charge is 0.480 e. The number of hydrazine groups is 1. The van der Waals surface area contributed by atoms with Crippen LogP contribution in [0.25, 0.3) is 0 Å². The van der Waals surface area contributed by atoms with Crippen molar-refractivity contribution in [2.75, 3.05) is 6.54 Å². The summed E-state index contributed by atoms with van der Waals surface area (Å²) in [6.45, 7) is 2.25. The molecule has 1 aromatic carbocycles. The highest BCUT2D eigenvalue weighted by atomic mass is 16.5. The van der Waals surface area contributed by atoms with Crippen molar-refractivity contribution < 1.29 is 24.2 Å². The van der Waals surface area contributed by atoms with Crippen molar-refractivity contribution in [3.8, 4) is 0 Å². The third kappa shape index (κ3) is 4.43. The number of likely N-dealkylation sites (N-methyl/N-ethyl adjacent to an activating group) is 1. The standard InChI is InChI=1S/C15H19N3O5/c1-2-18-11(8-12(19)17-18)13(14(20)21)16-15(22)23-9-10-6-4-3-5-7-10/h3-7,11,13H,2,8-9H2,1H3,(H,16,22)(H,17,19)(H,20,21)/t11-,13+/m0/s1. The lowest BCUT2D eigenvalue weighted by Gasteiger charge is -2.27. The first kappa shape index (κ1) is 16.8. The fraction of sp³-hybridized carbons (Fsp3) is 0.400. The van der Waals surface area contributed by atoms with Gasteiger partial charge in [0.25, 0.3) is 0 Å². The van der Waals surface area contributed by atoms with Gasteiger partial charge in [0.1, 0.15) is 12.6 Å². The summed E-state index contributed by atoms with van der Waals surface area (Å²) < 4.78 is 5.03. The van der Waals surface area contributed by atoms with Gasteiger partial charge >= 0.3 is 12.1 Å². The zero-order valence-corrected chi connectivity index (χ0v) is 12.7. The summed E-state index contributed by atoms with van der Waals surface area (Å²) in [4.78, 5) is 34.7. The predicted molar refractivity (Wildman–Crippen MR) is 80.1 cm³/mol. The zero-order valence-electron chi connectivity index (χ0n) is 12.7. The number of aliphatic carboxylic acids is 1. The molecule has 124 valence electrons. The first-order valence-corrected chi connectivity index (χ1v) is 7.27. The van der Waals surface area contributed by atoms with Crippen molar-refractivity contribution in [3.05, 3.63) is 35.9 Å². The smallest absolute Gasteiger partial charge is 0.408 e. The molecule has 1 fully saturated rings. The van der Waals surface area contributed by atoms with Gasteiger partial charge < -0.3 is 15.2 Å². The molecule has 3 N–H and O–H groups in total. The molecule has 1 aliphatic heterocycles. The van der Waals surface area contributed by atoms with Gasteiger partial charge in [-0.15, -0.1) is 0 Å². The van der Waals surface area contributed by atoms with Crippen LogP contribution in [0.4, 0.5) is 4.79 Å². The molecular weight excluding hydrogens is 302 g/mol. The highest BCUT2D eigenvalue weighted by Gasteiger charge is 2.40. The van der Waals surface area contributed by atoms with Crippen LogP contribution in [0, 0.1) is 0 Å². The van der Waals surface area contributed by atoms with E-state index in [4.69, 9.17) is 4.74 Å². The van der Waals surface area contributed by atoms with Gasteiger partial charge in [0.15, 0.2) is 0 Å². The van der Waals surface area contributed by atoms with Crippen molar-refractivity contribution in [2.45, 2.75) is 32.0 Å². The minimum atomic E-state index is -1.24. The summed E-state index contributed by atoms with van der Waals surface area (Å²) >= 11 is 0. The van der Waals surface area contributed by atoms with E-state index in [1.165, 1.54) is 5.01 Å². The van der Waals surface area contributed by atoms with E-state index in [2.05, 4.69) is 10.7 Å². The van der Waals surface area contributed by atoms with Crippen LogP contribution in [0.2, 0.25) is 0 Å². The van der Waals surface area contributed by atoms with E-state index >= 15 is 0 Å². The molecule has 8 heteroatoms. The number of nitrogens with one attached hydrogen (secondary N) is 2. The maximum absolute atomic E-state index is 11.8. The number of carboxylic acid groups (broad SMARTS) is 1. The molecule has 1 saturated heterocycles. The first-order valence-electron chi connectivity index (χ1n) is 7.27. The highest BCUT2D eigenvalue weighted by molar-refractivity contribution is 5.84. The first-order chi connectivity index (χ1) is 11.0. The third-order valence-electron chi connectivity index (χ3n) is 3.54. The van der Waals surface area contributed by atoms with Gasteiger partial charge in [0.2, 0.25) is 5.91 Å². The number of alkyl carbamates (subject to hydrolysis) is 1. The van der Waals surface area contributed by atoms with Crippen LogP contribution in [0.15, 0.2) is 30.3 Å². The van der Waals surface area contributed by atoms with Crippen LogP contribution in [0.5, 0.6) is 0 Å². The van der Waals surface area contributed by atoms with Crippen molar-refractivity contribution >= 4 is 18.0 Å². The zero-order chi connectivity index (χ0) is 16.8. The number of carbonyl (C=O) groups excluding carboxylic acids is 2. The Kier molecular flexibility index (Phi) is 5.53. The number of ether oxygens (including phenoxy) is 1. The van der Waals surface area contributed by atoms with Gasteiger partial charge in [-0.3, -0.25) is 10.2 Å². The Hall–Kier alpha value is -2.61. The molecule has 1 aliphatic rings. The second kappa shape index (κ2) is 7.59. The normalized spacial score (nSPS) is 19.0. The molecular formula is C15H19N3O5. The fourth-order valence-corrected chi connectivity index (χ4v) is 2.41. The molecule has 0 radical (unpaired) electrons. The molecule has 1 aromatic rings. The van der Waals surface area contributed by atoms with Crippen LogP contribution in [-0.4, -0.2) is 46.7 Å². The molecule has 0 bridgehead atoms. The summed E-state index contributed by atoms with van der Waals surface area (Å²) in [5.74, 6) is -1.50. The summed E-state index contributed by atoms with van der Waals surface area (Å²) in [7, 11) is 0. The van der Waals surface area contributed by atoms with Gasteiger partial charge in [0, 0.05) is 13.0 Å². The van der Waals surface area contributed by atoms with Gasteiger partial charge in [-0.25, -0.2) is 14.6 Å². The summed E-state index contributed by atoms with van der Waals surface area (Å²) in [6.07, 6.45) is -0.833. The lowest BCUT2D eigenvalue weighted by Crippen LogP contribution is -2.55. The highest BCUT2D eigenvalue weighted by Crippen LogP contribution is 2.14. The molecule has 0 spiro atoms. The quantitative estimate of drug-likeness (QED) is 0.704. The van der Waals surface area contributed by atoms with Gasteiger partial charge in [-0.2, -0.15) is 0 Å². The Morgan fingerprint density at radius 3 is 2.74 bits per heavy atom. The van der Waals surface area contributed by atoms with E-state index in [0.717, 1.165) is 5.56 Å². The van der Waals surface area contributed by atoms with E-state index in [-0.39, 0.29) is 18.9 Å². The molecule has 0 aromatic heterocycles. The molecule has 1 heterocycles. The number of hydrogen-bond acceptors (Lipinski definition) is 5. The van der Waals surface area contributed by atoms with E-state index in [1.54, 1.807) is 19.1 Å². The Bertz CT molecular complexity index is 578. The lowest BCUT2D eigenvalue weighted by atomic mass is 10.1. The second-order valence-corrected chi connectivity index (χ2v) is 5.11. The van der Waals surface area contributed by atoms with E-state index in [0.29, 0.717) is 6.54 Å². The van der Waals surface area contributed by atoms with Crippen LogP contribution < -0.4 is 10.7 Å². The number of benzene rings is 1. The Labute approximate surface area is 133 Å². The maximum atomic E-state index is 11.8.